The maximum Gasteiger partial charge on any atom is 0.295 e. The molecule has 0 radical (unpaired) electrons. The Labute approximate surface area is 218 Å². The Morgan fingerprint density at radius 1 is 0.811 bits per heavy atom. The third kappa shape index (κ3) is 5.29. The van der Waals surface area contributed by atoms with E-state index >= 15 is 0 Å². The largest absolute Gasteiger partial charge is 0.443 e. The number of rotatable bonds is 7. The van der Waals surface area contributed by atoms with Crippen LogP contribution in [0, 0.1) is 6.92 Å². The molecule has 5 rings (SSSR count). The maximum atomic E-state index is 13.3. The van der Waals surface area contributed by atoms with Crippen LogP contribution in [0.25, 0.3) is 22.2 Å². The zero-order valence-corrected chi connectivity index (χ0v) is 21.6. The topological polar surface area (TPSA) is 131 Å². The number of aromatic nitrogens is 2. The number of benzene rings is 3. The van der Waals surface area contributed by atoms with Crippen LogP contribution in [-0.4, -0.2) is 26.8 Å². The molecule has 2 N–H and O–H groups in total. The zero-order chi connectivity index (χ0) is 26.2. The van der Waals surface area contributed by atoms with Crippen LogP contribution in [0.2, 0.25) is 5.02 Å². The summed E-state index contributed by atoms with van der Waals surface area (Å²) in [5, 5.41) is 0.482. The fourth-order valence-electron chi connectivity index (χ4n) is 3.62. The average Bonchev–Trinajstić information content (AvgIpc) is 3.31. The number of nitrogens with one attached hydrogen (secondary N) is 2. The Balaban J connectivity index is 1.47. The van der Waals surface area contributed by atoms with E-state index in [0.717, 1.165) is 0 Å². The maximum absolute atomic E-state index is 13.3. The van der Waals surface area contributed by atoms with Gasteiger partial charge in [-0.15, -0.1) is 0 Å². The summed E-state index contributed by atoms with van der Waals surface area (Å²) in [5.41, 5.74) is 1.45. The van der Waals surface area contributed by atoms with Gasteiger partial charge in [0.15, 0.2) is 0 Å². The Morgan fingerprint density at radius 3 is 2.38 bits per heavy atom. The van der Waals surface area contributed by atoms with Crippen molar-refractivity contribution in [1.29, 1.82) is 0 Å². The van der Waals surface area contributed by atoms with Crippen molar-refractivity contribution < 1.29 is 21.3 Å². The summed E-state index contributed by atoms with van der Waals surface area (Å²) in [6, 6.07) is 20.2. The molecule has 12 heteroatoms. The minimum Gasteiger partial charge on any atom is -0.443 e. The van der Waals surface area contributed by atoms with Crippen LogP contribution in [0.4, 0.5) is 11.4 Å². The van der Waals surface area contributed by atoms with Crippen molar-refractivity contribution in [3.05, 3.63) is 95.9 Å². The number of nitrogens with zero attached hydrogens (tertiary/aromatic N) is 2. The van der Waals surface area contributed by atoms with E-state index in [0.29, 0.717) is 28.1 Å². The van der Waals surface area contributed by atoms with Crippen molar-refractivity contribution in [2.75, 3.05) is 9.44 Å². The molecule has 3 aromatic carbocycles. The van der Waals surface area contributed by atoms with Gasteiger partial charge in [-0.2, -0.15) is 8.42 Å². The van der Waals surface area contributed by atoms with Gasteiger partial charge in [0.05, 0.1) is 22.0 Å². The standard InChI is InChI=1S/C25H19ClN4O5S2/c1-16-27-12-11-21(28-16)17-6-4-7-20(13-17)36(31,32)29-22-10-9-19(26)15-23(22)30-37(33,34)25-14-18-5-2-3-8-24(18)35-25/h2-15,29-30H,1H3. The molecular formula is C25H19ClN4O5S2. The molecule has 0 aliphatic rings. The van der Waals surface area contributed by atoms with E-state index in [1.165, 1.54) is 36.4 Å². The monoisotopic (exact) mass is 554 g/mol. The molecule has 2 aromatic heterocycles. The number of halogens is 1. The second-order valence-corrected chi connectivity index (χ2v) is 11.8. The number of para-hydroxylation sites is 1. The first-order valence-corrected chi connectivity index (χ1v) is 14.2. The summed E-state index contributed by atoms with van der Waals surface area (Å²) < 4.78 is 63.0. The number of fused-ring (bicyclic) bond motifs is 1. The number of hydrogen-bond acceptors (Lipinski definition) is 7. The lowest BCUT2D eigenvalue weighted by Crippen LogP contribution is -2.17. The summed E-state index contributed by atoms with van der Waals surface area (Å²) in [6.45, 7) is 1.74. The highest BCUT2D eigenvalue weighted by Gasteiger charge is 2.23. The summed E-state index contributed by atoms with van der Waals surface area (Å²) in [7, 11) is -8.33. The van der Waals surface area contributed by atoms with Crippen LogP contribution in [0.3, 0.4) is 0 Å². The number of anilines is 2. The fourth-order valence-corrected chi connectivity index (χ4v) is 5.96. The smallest absolute Gasteiger partial charge is 0.295 e. The van der Waals surface area contributed by atoms with Crippen LogP contribution in [-0.2, 0) is 20.0 Å². The van der Waals surface area contributed by atoms with Crippen molar-refractivity contribution in [2.24, 2.45) is 0 Å². The van der Waals surface area contributed by atoms with Gasteiger partial charge in [0.1, 0.15) is 11.4 Å². The SMILES string of the molecule is Cc1nccc(-c2cccc(S(=O)(=O)Nc3ccc(Cl)cc3NS(=O)(=O)c3cc4ccccc4o3)c2)n1. The third-order valence-corrected chi connectivity index (χ3v) is 8.17. The van der Waals surface area contributed by atoms with Crippen LogP contribution in [0.15, 0.2) is 99.5 Å². The minimum absolute atomic E-state index is 0.0210. The quantitative estimate of drug-likeness (QED) is 0.273. The fraction of sp³-hybridized carbons (Fsp3) is 0.0400. The number of sulfonamides is 2. The molecule has 0 saturated heterocycles. The van der Waals surface area contributed by atoms with E-state index in [1.54, 1.807) is 55.6 Å². The van der Waals surface area contributed by atoms with Crippen LogP contribution >= 0.6 is 11.6 Å². The number of furan rings is 1. The molecule has 9 nitrogen and oxygen atoms in total. The molecule has 0 unspecified atom stereocenters. The minimum atomic E-state index is -4.21. The Bertz CT molecular complexity index is 1820. The molecule has 0 aliphatic heterocycles. The van der Waals surface area contributed by atoms with Crippen molar-refractivity contribution in [3.8, 4) is 11.3 Å². The van der Waals surface area contributed by atoms with Gasteiger partial charge in [0.25, 0.3) is 20.0 Å². The lowest BCUT2D eigenvalue weighted by atomic mass is 10.1. The highest BCUT2D eigenvalue weighted by Crippen LogP contribution is 2.32. The Kier molecular flexibility index (Phi) is 6.36. The second-order valence-electron chi connectivity index (χ2n) is 8.02. The van der Waals surface area contributed by atoms with E-state index < -0.39 is 20.0 Å². The first-order valence-electron chi connectivity index (χ1n) is 10.8. The number of hydrogen-bond donors (Lipinski definition) is 2. The predicted molar refractivity (Wildman–Crippen MR) is 141 cm³/mol. The summed E-state index contributed by atoms with van der Waals surface area (Å²) in [5.74, 6) is 0.548. The molecule has 188 valence electrons. The van der Waals surface area contributed by atoms with Crippen molar-refractivity contribution in [2.45, 2.75) is 16.9 Å². The lowest BCUT2D eigenvalue weighted by molar-refractivity contribution is 0.484. The molecule has 37 heavy (non-hydrogen) atoms. The van der Waals surface area contributed by atoms with Gasteiger partial charge < -0.3 is 4.42 Å². The van der Waals surface area contributed by atoms with Gasteiger partial charge in [-0.25, -0.2) is 18.4 Å². The third-order valence-electron chi connectivity index (χ3n) is 5.35. The van der Waals surface area contributed by atoms with Gasteiger partial charge >= 0.3 is 0 Å². The molecule has 0 aliphatic carbocycles. The van der Waals surface area contributed by atoms with Gasteiger partial charge in [0.2, 0.25) is 5.09 Å². The predicted octanol–water partition coefficient (Wildman–Crippen LogP) is 5.45. The van der Waals surface area contributed by atoms with Gasteiger partial charge in [-0.1, -0.05) is 41.9 Å². The second kappa shape index (κ2) is 9.51. The summed E-state index contributed by atoms with van der Waals surface area (Å²) in [6.07, 6.45) is 1.59. The van der Waals surface area contributed by atoms with E-state index in [2.05, 4.69) is 19.4 Å². The molecule has 2 heterocycles. The highest BCUT2D eigenvalue weighted by atomic mass is 35.5. The first kappa shape index (κ1) is 24.8. The Hall–Kier alpha value is -3.93. The van der Waals surface area contributed by atoms with E-state index in [1.807, 2.05) is 0 Å². The molecule has 0 saturated carbocycles. The average molecular weight is 555 g/mol. The van der Waals surface area contributed by atoms with Gasteiger partial charge in [-0.3, -0.25) is 9.44 Å². The number of aryl methyl sites for hydroxylation is 1. The zero-order valence-electron chi connectivity index (χ0n) is 19.2. The lowest BCUT2D eigenvalue weighted by Gasteiger charge is -2.15. The first-order chi connectivity index (χ1) is 17.6. The highest BCUT2D eigenvalue weighted by molar-refractivity contribution is 7.93. The van der Waals surface area contributed by atoms with Gasteiger partial charge in [0, 0.05) is 28.2 Å². The molecule has 0 amide bonds. The normalized spacial score (nSPS) is 11.9. The van der Waals surface area contributed by atoms with Crippen LogP contribution < -0.4 is 9.44 Å². The van der Waals surface area contributed by atoms with Crippen molar-refractivity contribution in [3.63, 3.8) is 0 Å². The van der Waals surface area contributed by atoms with Crippen LogP contribution in [0.5, 0.6) is 0 Å². The van der Waals surface area contributed by atoms with Gasteiger partial charge in [-0.05, 0) is 49.4 Å². The molecule has 0 spiro atoms. The van der Waals surface area contributed by atoms with Crippen molar-refractivity contribution in [1.82, 2.24) is 9.97 Å². The molecule has 0 bridgehead atoms. The van der Waals surface area contributed by atoms with Crippen molar-refractivity contribution >= 4 is 54.0 Å². The molecule has 5 aromatic rings. The Morgan fingerprint density at radius 2 is 1.59 bits per heavy atom. The molecule has 0 fully saturated rings. The summed E-state index contributed by atoms with van der Waals surface area (Å²) >= 11 is 6.10. The molecule has 0 atom stereocenters. The molecular weight excluding hydrogens is 536 g/mol. The van der Waals surface area contributed by atoms with E-state index in [-0.39, 0.29) is 26.4 Å². The van der Waals surface area contributed by atoms with E-state index in [9.17, 15) is 16.8 Å². The van der Waals surface area contributed by atoms with Crippen LogP contribution in [0.1, 0.15) is 5.82 Å². The summed E-state index contributed by atoms with van der Waals surface area (Å²) in [4.78, 5) is 8.35. The van der Waals surface area contributed by atoms with E-state index in [4.69, 9.17) is 16.0 Å².